The molecule has 1 aliphatic heterocycles. The van der Waals surface area contributed by atoms with Gasteiger partial charge in [0.15, 0.2) is 0 Å². The van der Waals surface area contributed by atoms with Gasteiger partial charge in [0.2, 0.25) is 0 Å². The van der Waals surface area contributed by atoms with E-state index in [-0.39, 0.29) is 5.91 Å². The zero-order valence-electron chi connectivity index (χ0n) is 12.7. The van der Waals surface area contributed by atoms with Crippen LogP contribution in [0.5, 0.6) is 0 Å². The minimum Gasteiger partial charge on any atom is -0.384 e. The van der Waals surface area contributed by atoms with Crippen molar-refractivity contribution in [2.75, 3.05) is 18.4 Å². The van der Waals surface area contributed by atoms with Gasteiger partial charge in [0.05, 0.1) is 11.9 Å². The fourth-order valence-electron chi connectivity index (χ4n) is 2.66. The van der Waals surface area contributed by atoms with Gasteiger partial charge in [0.1, 0.15) is 5.69 Å². The van der Waals surface area contributed by atoms with Crippen LogP contribution in [0.15, 0.2) is 18.3 Å². The Morgan fingerprint density at radius 3 is 2.90 bits per heavy atom. The van der Waals surface area contributed by atoms with E-state index in [1.807, 2.05) is 17.0 Å². The van der Waals surface area contributed by atoms with Crippen LogP contribution < -0.4 is 5.32 Å². The first-order chi connectivity index (χ1) is 9.63. The Morgan fingerprint density at radius 2 is 2.25 bits per heavy atom. The molecule has 1 saturated heterocycles. The number of hydrogen-bond donors (Lipinski definition) is 1. The summed E-state index contributed by atoms with van der Waals surface area (Å²) < 4.78 is 0. The number of amides is 1. The maximum Gasteiger partial charge on any atom is 0.272 e. The first-order valence-electron chi connectivity index (χ1n) is 7.64. The van der Waals surface area contributed by atoms with E-state index >= 15 is 0 Å². The van der Waals surface area contributed by atoms with Crippen molar-refractivity contribution in [2.45, 2.75) is 46.1 Å². The first-order valence-corrected chi connectivity index (χ1v) is 7.64. The maximum atomic E-state index is 12.5. The molecule has 4 nitrogen and oxygen atoms in total. The summed E-state index contributed by atoms with van der Waals surface area (Å²) in [4.78, 5) is 18.8. The molecule has 110 valence electrons. The smallest absolute Gasteiger partial charge is 0.272 e. The van der Waals surface area contributed by atoms with Gasteiger partial charge >= 0.3 is 0 Å². The van der Waals surface area contributed by atoms with E-state index in [4.69, 9.17) is 0 Å². The predicted octanol–water partition coefficient (Wildman–Crippen LogP) is 3.16. The van der Waals surface area contributed by atoms with Crippen LogP contribution in [0.3, 0.4) is 0 Å². The van der Waals surface area contributed by atoms with Gasteiger partial charge in [-0.25, -0.2) is 4.98 Å². The predicted molar refractivity (Wildman–Crippen MR) is 81.9 cm³/mol. The maximum absolute atomic E-state index is 12.5. The highest BCUT2D eigenvalue weighted by molar-refractivity contribution is 5.92. The van der Waals surface area contributed by atoms with Gasteiger partial charge in [-0.3, -0.25) is 4.79 Å². The number of carbonyl (C=O) groups excluding carboxylic acids is 1. The molecule has 2 rings (SSSR count). The second-order valence-corrected chi connectivity index (χ2v) is 5.72. The lowest BCUT2D eigenvalue weighted by molar-refractivity contribution is 0.0545. The highest BCUT2D eigenvalue weighted by atomic mass is 16.2. The molecule has 0 aromatic carbocycles. The average Bonchev–Trinajstić information content (AvgIpc) is 2.48. The minimum atomic E-state index is 0.0612. The van der Waals surface area contributed by atoms with E-state index in [0.717, 1.165) is 31.6 Å². The number of likely N-dealkylation sites (tertiary alicyclic amines) is 1. The number of nitrogens with one attached hydrogen (secondary N) is 1. The molecule has 4 heteroatoms. The normalized spacial score (nSPS) is 22.6. The molecule has 2 heterocycles. The topological polar surface area (TPSA) is 45.2 Å². The molecular weight excluding hydrogens is 250 g/mol. The second-order valence-electron chi connectivity index (χ2n) is 5.72. The van der Waals surface area contributed by atoms with Crippen LogP contribution in [0, 0.1) is 5.92 Å². The van der Waals surface area contributed by atoms with Crippen molar-refractivity contribution in [3.8, 4) is 0 Å². The molecule has 2 atom stereocenters. The third kappa shape index (κ3) is 3.30. The summed E-state index contributed by atoms with van der Waals surface area (Å²) in [7, 11) is 0. The molecule has 20 heavy (non-hydrogen) atoms. The van der Waals surface area contributed by atoms with Gasteiger partial charge < -0.3 is 10.2 Å². The largest absolute Gasteiger partial charge is 0.384 e. The lowest BCUT2D eigenvalue weighted by Crippen LogP contribution is -2.46. The molecule has 2 unspecified atom stereocenters. The summed E-state index contributed by atoms with van der Waals surface area (Å²) in [6.45, 7) is 8.25. The van der Waals surface area contributed by atoms with Crippen LogP contribution in [-0.4, -0.2) is 34.9 Å². The Hall–Kier alpha value is -1.58. The number of hydrogen-bond acceptors (Lipinski definition) is 3. The van der Waals surface area contributed by atoms with E-state index in [1.54, 1.807) is 6.20 Å². The molecule has 1 fully saturated rings. The molecule has 0 aliphatic carbocycles. The van der Waals surface area contributed by atoms with Crippen LogP contribution in [0.1, 0.15) is 50.5 Å². The Bertz CT molecular complexity index is 444. The third-order valence-corrected chi connectivity index (χ3v) is 4.20. The quantitative estimate of drug-likeness (QED) is 0.918. The highest BCUT2D eigenvalue weighted by Gasteiger charge is 2.29. The number of rotatable bonds is 4. The molecule has 0 bridgehead atoms. The lowest BCUT2D eigenvalue weighted by atomic mass is 9.92. The summed E-state index contributed by atoms with van der Waals surface area (Å²) in [5.74, 6) is 0.629. The molecule has 1 aliphatic rings. The number of pyridine rings is 1. The van der Waals surface area contributed by atoms with Crippen LogP contribution in [0.4, 0.5) is 5.69 Å². The van der Waals surface area contributed by atoms with Gasteiger partial charge in [-0.15, -0.1) is 0 Å². The van der Waals surface area contributed by atoms with E-state index < -0.39 is 0 Å². The lowest BCUT2D eigenvalue weighted by Gasteiger charge is -2.37. The zero-order chi connectivity index (χ0) is 14.5. The molecular formula is C16H25N3O. The number of anilines is 1. The van der Waals surface area contributed by atoms with Crippen molar-refractivity contribution in [3.05, 3.63) is 24.0 Å². The van der Waals surface area contributed by atoms with Crippen LogP contribution in [-0.2, 0) is 0 Å². The van der Waals surface area contributed by atoms with Crippen molar-refractivity contribution >= 4 is 11.6 Å². The van der Waals surface area contributed by atoms with Gasteiger partial charge in [-0.2, -0.15) is 0 Å². The summed E-state index contributed by atoms with van der Waals surface area (Å²) in [5.41, 5.74) is 1.52. The minimum absolute atomic E-state index is 0.0612. The van der Waals surface area contributed by atoms with E-state index in [9.17, 15) is 4.79 Å². The Balaban J connectivity index is 2.05. The van der Waals surface area contributed by atoms with Crippen molar-refractivity contribution < 1.29 is 4.79 Å². The molecule has 0 saturated carbocycles. The molecule has 1 aromatic heterocycles. The van der Waals surface area contributed by atoms with Gasteiger partial charge in [0, 0.05) is 19.1 Å². The van der Waals surface area contributed by atoms with E-state index in [2.05, 4.69) is 31.1 Å². The fraction of sp³-hybridized carbons (Fsp3) is 0.625. The summed E-state index contributed by atoms with van der Waals surface area (Å²) >= 11 is 0. The number of carbonyl (C=O) groups is 1. The number of nitrogens with zero attached hydrogens (tertiary/aromatic N) is 2. The Labute approximate surface area is 121 Å². The van der Waals surface area contributed by atoms with Gasteiger partial charge in [-0.1, -0.05) is 13.8 Å². The van der Waals surface area contributed by atoms with Crippen molar-refractivity contribution in [1.82, 2.24) is 9.88 Å². The Morgan fingerprint density at radius 1 is 1.45 bits per heavy atom. The van der Waals surface area contributed by atoms with Crippen molar-refractivity contribution in [2.24, 2.45) is 5.92 Å². The summed E-state index contributed by atoms with van der Waals surface area (Å²) in [5, 5.41) is 3.27. The zero-order valence-corrected chi connectivity index (χ0v) is 12.7. The number of piperidine rings is 1. The van der Waals surface area contributed by atoms with E-state index in [0.29, 0.717) is 17.7 Å². The van der Waals surface area contributed by atoms with E-state index in [1.165, 1.54) is 6.42 Å². The summed E-state index contributed by atoms with van der Waals surface area (Å²) in [6, 6.07) is 4.07. The monoisotopic (exact) mass is 275 g/mol. The average molecular weight is 275 g/mol. The molecule has 0 spiro atoms. The fourth-order valence-corrected chi connectivity index (χ4v) is 2.66. The highest BCUT2D eigenvalue weighted by Crippen LogP contribution is 2.24. The van der Waals surface area contributed by atoms with Crippen LogP contribution >= 0.6 is 0 Å². The SMILES string of the molecule is CCCNc1ccc(C(=O)N2CCCC(C)C2C)nc1. The van der Waals surface area contributed by atoms with Crippen molar-refractivity contribution in [3.63, 3.8) is 0 Å². The first kappa shape index (κ1) is 14.8. The third-order valence-electron chi connectivity index (χ3n) is 4.20. The van der Waals surface area contributed by atoms with Crippen molar-refractivity contribution in [1.29, 1.82) is 0 Å². The molecule has 1 aromatic rings. The Kier molecular flexibility index (Phi) is 4.99. The van der Waals surface area contributed by atoms with Crippen LogP contribution in [0.25, 0.3) is 0 Å². The summed E-state index contributed by atoms with van der Waals surface area (Å²) in [6.07, 6.45) is 5.12. The van der Waals surface area contributed by atoms with Gasteiger partial charge in [-0.05, 0) is 44.2 Å². The molecule has 1 N–H and O–H groups in total. The second kappa shape index (κ2) is 6.73. The number of aromatic nitrogens is 1. The van der Waals surface area contributed by atoms with Crippen LogP contribution in [0.2, 0.25) is 0 Å². The van der Waals surface area contributed by atoms with Gasteiger partial charge in [0.25, 0.3) is 5.91 Å². The molecule has 0 radical (unpaired) electrons. The molecule has 1 amide bonds. The standard InChI is InChI=1S/C16H25N3O/c1-4-9-17-14-7-8-15(18-11-14)16(20)19-10-5-6-12(2)13(19)3/h7-8,11-13,17H,4-6,9-10H2,1-3H3.